The molecule has 0 unspecified atom stereocenters. The number of hydrogen-bond acceptors (Lipinski definition) is 2. The molecule has 14 heavy (non-hydrogen) atoms. The minimum atomic E-state index is 0.260. The van der Waals surface area contributed by atoms with E-state index in [-0.39, 0.29) is 5.41 Å². The summed E-state index contributed by atoms with van der Waals surface area (Å²) in [5.74, 6) is 0.938. The molecule has 1 aliphatic rings. The lowest BCUT2D eigenvalue weighted by Crippen LogP contribution is -2.24. The smallest absolute Gasteiger partial charge is 0.120 e. The molecule has 1 aromatic carbocycles. The molecular formula is C12H17NO. The van der Waals surface area contributed by atoms with E-state index in [9.17, 15) is 0 Å². The van der Waals surface area contributed by atoms with Gasteiger partial charge < -0.3 is 9.64 Å². The van der Waals surface area contributed by atoms with Crippen LogP contribution < -0.4 is 9.64 Å². The van der Waals surface area contributed by atoms with E-state index in [2.05, 4.69) is 37.9 Å². The molecule has 0 aliphatic carbocycles. The summed E-state index contributed by atoms with van der Waals surface area (Å²) in [4.78, 5) is 2.29. The number of fused-ring (bicyclic) bond motifs is 1. The monoisotopic (exact) mass is 191 g/mol. The summed E-state index contributed by atoms with van der Waals surface area (Å²) < 4.78 is 5.23. The number of ether oxygens (including phenoxy) is 1. The van der Waals surface area contributed by atoms with Gasteiger partial charge >= 0.3 is 0 Å². The summed E-state index contributed by atoms with van der Waals surface area (Å²) in [5.41, 5.74) is 2.98. The zero-order chi connectivity index (χ0) is 10.3. The lowest BCUT2D eigenvalue weighted by molar-refractivity contribution is 0.415. The largest absolute Gasteiger partial charge is 0.497 e. The van der Waals surface area contributed by atoms with Crippen molar-refractivity contribution in [2.75, 3.05) is 25.6 Å². The summed E-state index contributed by atoms with van der Waals surface area (Å²) >= 11 is 0. The minimum absolute atomic E-state index is 0.260. The van der Waals surface area contributed by atoms with Crippen molar-refractivity contribution in [3.63, 3.8) is 0 Å². The second-order valence-corrected chi connectivity index (χ2v) is 4.62. The van der Waals surface area contributed by atoms with E-state index in [0.717, 1.165) is 12.3 Å². The van der Waals surface area contributed by atoms with Crippen LogP contribution in [-0.4, -0.2) is 20.7 Å². The van der Waals surface area contributed by atoms with E-state index in [4.69, 9.17) is 4.74 Å². The summed E-state index contributed by atoms with van der Waals surface area (Å²) in [6.45, 7) is 5.64. The van der Waals surface area contributed by atoms with Crippen LogP contribution >= 0.6 is 0 Å². The first-order chi connectivity index (χ1) is 6.54. The Morgan fingerprint density at radius 1 is 1.36 bits per heavy atom. The molecule has 0 amide bonds. The zero-order valence-corrected chi connectivity index (χ0v) is 9.29. The van der Waals surface area contributed by atoms with E-state index in [1.165, 1.54) is 11.3 Å². The Kier molecular flexibility index (Phi) is 1.95. The van der Waals surface area contributed by atoms with Gasteiger partial charge in [-0.25, -0.2) is 0 Å². The van der Waals surface area contributed by atoms with Crippen molar-refractivity contribution in [2.45, 2.75) is 19.3 Å². The maximum Gasteiger partial charge on any atom is 0.120 e. The molecule has 2 heteroatoms. The number of benzene rings is 1. The number of methoxy groups -OCH3 is 1. The number of rotatable bonds is 1. The number of likely N-dealkylation sites (N-methyl/N-ethyl adjacent to an activating group) is 1. The van der Waals surface area contributed by atoms with Crippen molar-refractivity contribution in [1.82, 2.24) is 0 Å². The summed E-state index contributed by atoms with van der Waals surface area (Å²) in [6.07, 6.45) is 0. The Labute approximate surface area is 85.5 Å². The molecule has 1 aliphatic heterocycles. The first kappa shape index (κ1) is 9.38. The van der Waals surface area contributed by atoms with Gasteiger partial charge in [-0.3, -0.25) is 0 Å². The van der Waals surface area contributed by atoms with Crippen LogP contribution in [0.25, 0.3) is 0 Å². The lowest BCUT2D eigenvalue weighted by Gasteiger charge is -2.18. The number of nitrogens with zero attached hydrogens (tertiary/aromatic N) is 1. The quantitative estimate of drug-likeness (QED) is 0.676. The molecule has 0 spiro atoms. The summed E-state index contributed by atoms with van der Waals surface area (Å²) in [7, 11) is 3.84. The SMILES string of the molecule is COc1ccc2c(c1)N(C)CC2(C)C. The number of anilines is 1. The summed E-state index contributed by atoms with van der Waals surface area (Å²) in [5, 5.41) is 0. The molecule has 2 nitrogen and oxygen atoms in total. The molecule has 0 atom stereocenters. The standard InChI is InChI=1S/C12H17NO/c1-12(2)8-13(3)11-7-9(14-4)5-6-10(11)12/h5-7H,8H2,1-4H3. The third-order valence-electron chi connectivity index (χ3n) is 2.98. The highest BCUT2D eigenvalue weighted by Gasteiger charge is 2.33. The van der Waals surface area contributed by atoms with Gasteiger partial charge in [0.1, 0.15) is 5.75 Å². The molecule has 0 saturated carbocycles. The molecule has 76 valence electrons. The Morgan fingerprint density at radius 3 is 2.71 bits per heavy atom. The highest BCUT2D eigenvalue weighted by Crippen LogP contribution is 2.41. The zero-order valence-electron chi connectivity index (χ0n) is 9.29. The van der Waals surface area contributed by atoms with Crippen molar-refractivity contribution in [3.8, 4) is 5.75 Å². The maximum atomic E-state index is 5.23. The van der Waals surface area contributed by atoms with Gasteiger partial charge in [0.15, 0.2) is 0 Å². The van der Waals surface area contributed by atoms with E-state index in [1.54, 1.807) is 7.11 Å². The van der Waals surface area contributed by atoms with Gasteiger partial charge in [0.2, 0.25) is 0 Å². The molecule has 0 saturated heterocycles. The van der Waals surface area contributed by atoms with Crippen LogP contribution in [-0.2, 0) is 5.41 Å². The van der Waals surface area contributed by atoms with Gasteiger partial charge in [-0.05, 0) is 11.6 Å². The van der Waals surface area contributed by atoms with Gasteiger partial charge in [-0.1, -0.05) is 19.9 Å². The predicted octanol–water partition coefficient (Wildman–Crippen LogP) is 2.42. The van der Waals surface area contributed by atoms with Crippen LogP contribution in [0.5, 0.6) is 5.75 Å². The second kappa shape index (κ2) is 2.91. The van der Waals surface area contributed by atoms with Crippen molar-refractivity contribution < 1.29 is 4.74 Å². The van der Waals surface area contributed by atoms with Crippen molar-refractivity contribution >= 4 is 5.69 Å². The molecule has 0 aromatic heterocycles. The van der Waals surface area contributed by atoms with Gasteiger partial charge in [-0.15, -0.1) is 0 Å². The van der Waals surface area contributed by atoms with Gasteiger partial charge in [0.05, 0.1) is 7.11 Å². The van der Waals surface area contributed by atoms with Crippen LogP contribution in [0.2, 0.25) is 0 Å². The van der Waals surface area contributed by atoms with Crippen LogP contribution in [0.1, 0.15) is 19.4 Å². The van der Waals surface area contributed by atoms with Crippen LogP contribution in [0.15, 0.2) is 18.2 Å². The topological polar surface area (TPSA) is 12.5 Å². The summed E-state index contributed by atoms with van der Waals surface area (Å²) in [6, 6.07) is 6.33. The molecule has 1 heterocycles. The van der Waals surface area contributed by atoms with Gasteiger partial charge in [0, 0.05) is 30.8 Å². The maximum absolute atomic E-state index is 5.23. The fourth-order valence-corrected chi connectivity index (χ4v) is 2.29. The molecule has 2 rings (SSSR count). The molecule has 0 radical (unpaired) electrons. The van der Waals surface area contributed by atoms with E-state index < -0.39 is 0 Å². The predicted molar refractivity (Wildman–Crippen MR) is 59.3 cm³/mol. The highest BCUT2D eigenvalue weighted by atomic mass is 16.5. The van der Waals surface area contributed by atoms with Crippen LogP contribution in [0.3, 0.4) is 0 Å². The van der Waals surface area contributed by atoms with Gasteiger partial charge in [-0.2, -0.15) is 0 Å². The minimum Gasteiger partial charge on any atom is -0.497 e. The van der Waals surface area contributed by atoms with Crippen molar-refractivity contribution in [2.24, 2.45) is 0 Å². The Bertz CT molecular complexity index is 357. The second-order valence-electron chi connectivity index (χ2n) is 4.62. The van der Waals surface area contributed by atoms with E-state index >= 15 is 0 Å². The average Bonchev–Trinajstić information content (AvgIpc) is 2.37. The lowest BCUT2D eigenvalue weighted by atomic mass is 9.87. The molecule has 0 N–H and O–H groups in total. The number of hydrogen-bond donors (Lipinski definition) is 0. The first-order valence-corrected chi connectivity index (χ1v) is 4.94. The third-order valence-corrected chi connectivity index (χ3v) is 2.98. The highest BCUT2D eigenvalue weighted by molar-refractivity contribution is 5.64. The normalized spacial score (nSPS) is 18.1. The fourth-order valence-electron chi connectivity index (χ4n) is 2.29. The fraction of sp³-hybridized carbons (Fsp3) is 0.500. The first-order valence-electron chi connectivity index (χ1n) is 4.94. The Balaban J connectivity index is 2.52. The molecule has 1 aromatic rings. The van der Waals surface area contributed by atoms with E-state index in [0.29, 0.717) is 0 Å². The van der Waals surface area contributed by atoms with Crippen LogP contribution in [0, 0.1) is 0 Å². The third kappa shape index (κ3) is 1.26. The molecule has 0 fully saturated rings. The average molecular weight is 191 g/mol. The molecular weight excluding hydrogens is 174 g/mol. The van der Waals surface area contributed by atoms with E-state index in [1.807, 2.05) is 6.07 Å². The Morgan fingerprint density at radius 2 is 2.07 bits per heavy atom. The van der Waals surface area contributed by atoms with Crippen molar-refractivity contribution in [3.05, 3.63) is 23.8 Å². The molecule has 0 bridgehead atoms. The van der Waals surface area contributed by atoms with Gasteiger partial charge in [0.25, 0.3) is 0 Å². The van der Waals surface area contributed by atoms with Crippen LogP contribution in [0.4, 0.5) is 5.69 Å². The Hall–Kier alpha value is -1.18. The van der Waals surface area contributed by atoms with Crippen molar-refractivity contribution in [1.29, 1.82) is 0 Å².